The highest BCUT2D eigenvalue weighted by atomic mass is 16.5. The van der Waals surface area contributed by atoms with Crippen LogP contribution < -0.4 is 20.3 Å². The van der Waals surface area contributed by atoms with E-state index in [0.717, 1.165) is 42.6 Å². The number of ether oxygens (including phenoxy) is 1. The average Bonchev–Trinajstić information content (AvgIpc) is 2.74. The van der Waals surface area contributed by atoms with Crippen molar-refractivity contribution in [2.75, 3.05) is 36.4 Å². The molecular formula is C23H26N4O2. The van der Waals surface area contributed by atoms with Crippen LogP contribution in [0.4, 0.5) is 11.5 Å². The quantitative estimate of drug-likeness (QED) is 0.699. The molecule has 0 aliphatic carbocycles. The molecular weight excluding hydrogens is 364 g/mol. The van der Waals surface area contributed by atoms with Crippen LogP contribution in [0.3, 0.4) is 0 Å². The van der Waals surface area contributed by atoms with Crippen molar-refractivity contribution in [3.8, 4) is 5.75 Å². The van der Waals surface area contributed by atoms with Gasteiger partial charge in [-0.25, -0.2) is 4.98 Å². The summed E-state index contributed by atoms with van der Waals surface area (Å²) in [5.74, 6) is 0.947. The maximum atomic E-state index is 12.9. The summed E-state index contributed by atoms with van der Waals surface area (Å²) < 4.78 is 6.03. The molecule has 6 nitrogen and oxygen atoms in total. The van der Waals surface area contributed by atoms with Crippen molar-refractivity contribution in [3.05, 3.63) is 60.8 Å². The number of amides is 1. The van der Waals surface area contributed by atoms with E-state index in [9.17, 15) is 4.79 Å². The number of aromatic nitrogens is 1. The Morgan fingerprint density at radius 1 is 1.07 bits per heavy atom. The van der Waals surface area contributed by atoms with Crippen LogP contribution in [0, 0.1) is 0 Å². The zero-order chi connectivity index (χ0) is 20.3. The fourth-order valence-electron chi connectivity index (χ4n) is 3.45. The molecule has 4 rings (SSSR count). The summed E-state index contributed by atoms with van der Waals surface area (Å²) >= 11 is 0. The lowest BCUT2D eigenvalue weighted by Gasteiger charge is -2.30. The summed E-state index contributed by atoms with van der Waals surface area (Å²) in [7, 11) is 0. The van der Waals surface area contributed by atoms with Crippen molar-refractivity contribution < 1.29 is 9.53 Å². The first-order valence-electron chi connectivity index (χ1n) is 9.92. The zero-order valence-corrected chi connectivity index (χ0v) is 16.8. The summed E-state index contributed by atoms with van der Waals surface area (Å²) in [5, 5.41) is 8.45. The summed E-state index contributed by atoms with van der Waals surface area (Å²) in [6.07, 6.45) is 1.73. The molecule has 2 N–H and O–H groups in total. The Hall–Kier alpha value is -3.12. The van der Waals surface area contributed by atoms with Gasteiger partial charge in [-0.15, -0.1) is 0 Å². The van der Waals surface area contributed by atoms with E-state index in [1.807, 2.05) is 54.6 Å². The average molecular weight is 390 g/mol. The smallest absolute Gasteiger partial charge is 0.269 e. The van der Waals surface area contributed by atoms with Gasteiger partial charge >= 0.3 is 0 Å². The number of fused-ring (bicyclic) bond motifs is 1. The van der Waals surface area contributed by atoms with Gasteiger partial charge in [0, 0.05) is 44.1 Å². The predicted molar refractivity (Wildman–Crippen MR) is 117 cm³/mol. The van der Waals surface area contributed by atoms with Gasteiger partial charge < -0.3 is 20.3 Å². The summed E-state index contributed by atoms with van der Waals surface area (Å²) in [6, 6.07) is 17.8. The summed E-state index contributed by atoms with van der Waals surface area (Å²) in [4.78, 5) is 19.5. The van der Waals surface area contributed by atoms with Gasteiger partial charge in [0.1, 0.15) is 11.6 Å². The van der Waals surface area contributed by atoms with Crippen LogP contribution in [0.25, 0.3) is 10.8 Å². The van der Waals surface area contributed by atoms with Crippen molar-refractivity contribution in [1.82, 2.24) is 10.3 Å². The predicted octanol–water partition coefficient (Wildman–Crippen LogP) is 3.44. The molecule has 1 amide bonds. The Balaban J connectivity index is 1.46. The molecule has 2 heterocycles. The highest BCUT2D eigenvalue weighted by Crippen LogP contribution is 2.25. The maximum Gasteiger partial charge on any atom is 0.269 e. The lowest BCUT2D eigenvalue weighted by Crippen LogP contribution is -2.44. The van der Waals surface area contributed by atoms with E-state index in [0.29, 0.717) is 11.6 Å². The fourth-order valence-corrected chi connectivity index (χ4v) is 3.45. The number of piperazine rings is 1. The van der Waals surface area contributed by atoms with Gasteiger partial charge in [-0.05, 0) is 42.8 Å². The Morgan fingerprint density at radius 2 is 1.83 bits per heavy atom. The van der Waals surface area contributed by atoms with E-state index in [-0.39, 0.29) is 5.91 Å². The monoisotopic (exact) mass is 390 g/mol. The Kier molecular flexibility index (Phi) is 5.36. The SMILES string of the molecule is CC(C)(Oc1ccc2ccccc2c1)C(=O)Nc1cc(N2CCNCC2)ccn1. The minimum atomic E-state index is -1.05. The van der Waals surface area contributed by atoms with E-state index in [1.54, 1.807) is 20.0 Å². The molecule has 1 fully saturated rings. The lowest BCUT2D eigenvalue weighted by molar-refractivity contribution is -0.128. The maximum absolute atomic E-state index is 12.9. The van der Waals surface area contributed by atoms with Crippen LogP contribution in [0.2, 0.25) is 0 Å². The highest BCUT2D eigenvalue weighted by Gasteiger charge is 2.30. The topological polar surface area (TPSA) is 66.5 Å². The number of hydrogen-bond donors (Lipinski definition) is 2. The van der Waals surface area contributed by atoms with Crippen molar-refractivity contribution in [2.24, 2.45) is 0 Å². The van der Waals surface area contributed by atoms with Gasteiger partial charge in [0.15, 0.2) is 5.60 Å². The van der Waals surface area contributed by atoms with Crippen LogP contribution in [-0.2, 0) is 4.79 Å². The second-order valence-corrected chi connectivity index (χ2v) is 7.71. The first kappa shape index (κ1) is 19.2. The molecule has 0 spiro atoms. The van der Waals surface area contributed by atoms with Crippen molar-refractivity contribution in [1.29, 1.82) is 0 Å². The molecule has 3 aromatic rings. The standard InChI is InChI=1S/C23H26N4O2/c1-23(2,29-20-8-7-17-5-3-4-6-18(17)15-20)22(28)26-21-16-19(9-10-25-21)27-13-11-24-12-14-27/h3-10,15-16,24H,11-14H2,1-2H3,(H,25,26,28). The number of nitrogens with zero attached hydrogens (tertiary/aromatic N) is 2. The summed E-state index contributed by atoms with van der Waals surface area (Å²) in [5.41, 5.74) is 0.0138. The van der Waals surface area contributed by atoms with Crippen LogP contribution in [0.5, 0.6) is 5.75 Å². The number of nitrogens with one attached hydrogen (secondary N) is 2. The number of anilines is 2. The number of carbonyl (C=O) groups is 1. The van der Waals surface area contributed by atoms with Crippen LogP contribution in [0.1, 0.15) is 13.8 Å². The van der Waals surface area contributed by atoms with Gasteiger partial charge in [-0.2, -0.15) is 0 Å². The molecule has 0 bridgehead atoms. The number of hydrogen-bond acceptors (Lipinski definition) is 5. The zero-order valence-electron chi connectivity index (χ0n) is 16.8. The number of rotatable bonds is 5. The van der Waals surface area contributed by atoms with Crippen LogP contribution >= 0.6 is 0 Å². The minimum Gasteiger partial charge on any atom is -0.478 e. The molecule has 1 aliphatic heterocycles. The molecule has 1 aliphatic rings. The molecule has 0 atom stereocenters. The van der Waals surface area contributed by atoms with Crippen molar-refractivity contribution in [3.63, 3.8) is 0 Å². The van der Waals surface area contributed by atoms with Gasteiger partial charge in [0.05, 0.1) is 0 Å². The first-order chi connectivity index (χ1) is 14.0. The van der Waals surface area contributed by atoms with E-state index < -0.39 is 5.60 Å². The summed E-state index contributed by atoms with van der Waals surface area (Å²) in [6.45, 7) is 7.31. The number of benzene rings is 2. The number of pyridine rings is 1. The molecule has 2 aromatic carbocycles. The number of carbonyl (C=O) groups excluding carboxylic acids is 1. The molecule has 150 valence electrons. The normalized spacial score (nSPS) is 14.6. The van der Waals surface area contributed by atoms with E-state index >= 15 is 0 Å². The Morgan fingerprint density at radius 3 is 2.62 bits per heavy atom. The molecule has 0 unspecified atom stereocenters. The van der Waals surface area contributed by atoms with Crippen LogP contribution in [0.15, 0.2) is 60.8 Å². The van der Waals surface area contributed by atoms with Gasteiger partial charge in [-0.1, -0.05) is 30.3 Å². The highest BCUT2D eigenvalue weighted by molar-refractivity contribution is 5.96. The largest absolute Gasteiger partial charge is 0.478 e. The van der Waals surface area contributed by atoms with Crippen LogP contribution in [-0.4, -0.2) is 42.7 Å². The van der Waals surface area contributed by atoms with Gasteiger partial charge in [-0.3, -0.25) is 4.79 Å². The molecule has 29 heavy (non-hydrogen) atoms. The fraction of sp³-hybridized carbons (Fsp3) is 0.304. The van der Waals surface area contributed by atoms with E-state index in [4.69, 9.17) is 4.74 Å². The Labute approximate surface area is 170 Å². The van der Waals surface area contributed by atoms with E-state index in [2.05, 4.69) is 20.5 Å². The van der Waals surface area contributed by atoms with Crippen molar-refractivity contribution >= 4 is 28.2 Å². The minimum absolute atomic E-state index is 0.240. The molecule has 6 heteroatoms. The van der Waals surface area contributed by atoms with Gasteiger partial charge in [0.2, 0.25) is 0 Å². The Bertz CT molecular complexity index is 1010. The van der Waals surface area contributed by atoms with Gasteiger partial charge in [0.25, 0.3) is 5.91 Å². The second-order valence-electron chi connectivity index (χ2n) is 7.71. The third kappa shape index (κ3) is 4.49. The third-order valence-electron chi connectivity index (χ3n) is 5.11. The lowest BCUT2D eigenvalue weighted by atomic mass is 10.1. The van der Waals surface area contributed by atoms with Crippen molar-refractivity contribution in [2.45, 2.75) is 19.4 Å². The molecule has 0 saturated carbocycles. The van der Waals surface area contributed by atoms with E-state index in [1.165, 1.54) is 0 Å². The third-order valence-corrected chi connectivity index (χ3v) is 5.11. The second kappa shape index (κ2) is 8.09. The first-order valence-corrected chi connectivity index (χ1v) is 9.92. The molecule has 0 radical (unpaired) electrons. The molecule has 1 saturated heterocycles. The molecule has 1 aromatic heterocycles.